The number of aromatic nitrogens is 5. The van der Waals surface area contributed by atoms with E-state index >= 15 is 0 Å². The summed E-state index contributed by atoms with van der Waals surface area (Å²) in [6, 6.07) is 15.4. The van der Waals surface area contributed by atoms with Crippen LogP contribution in [0.3, 0.4) is 0 Å². The van der Waals surface area contributed by atoms with Crippen LogP contribution in [-0.2, 0) is 6.54 Å². The summed E-state index contributed by atoms with van der Waals surface area (Å²) < 4.78 is 17.6. The summed E-state index contributed by atoms with van der Waals surface area (Å²) in [5, 5.41) is 15.4. The molecule has 0 aliphatic rings. The molecule has 0 aliphatic carbocycles. The molecule has 5 aromatic rings. The van der Waals surface area contributed by atoms with Gasteiger partial charge in [-0.3, -0.25) is 9.36 Å². The van der Waals surface area contributed by atoms with E-state index in [0.717, 1.165) is 10.9 Å². The van der Waals surface area contributed by atoms with Crippen LogP contribution in [0.5, 0.6) is 0 Å². The number of nitrogens with zero attached hydrogens (tertiary/aromatic N) is 6. The second-order valence-corrected chi connectivity index (χ2v) is 7.34. The maximum Gasteiger partial charge on any atom is 0.263 e. The molecule has 0 atom stereocenters. The third-order valence-corrected chi connectivity index (χ3v) is 5.40. The molecule has 156 valence electrons. The topological polar surface area (TPSA) is 115 Å². The molecule has 8 nitrogen and oxygen atoms in total. The van der Waals surface area contributed by atoms with Crippen molar-refractivity contribution in [3.05, 3.63) is 88.0 Å². The molecule has 32 heavy (non-hydrogen) atoms. The van der Waals surface area contributed by atoms with Crippen molar-refractivity contribution in [1.29, 1.82) is 5.26 Å². The maximum absolute atomic E-state index is 14.8. The van der Waals surface area contributed by atoms with Gasteiger partial charge in [0, 0.05) is 5.69 Å². The summed E-state index contributed by atoms with van der Waals surface area (Å²) in [6.07, 6.45) is 1.28. The van der Waals surface area contributed by atoms with Crippen molar-refractivity contribution in [2.75, 3.05) is 5.73 Å². The summed E-state index contributed by atoms with van der Waals surface area (Å²) in [5.74, 6) is -0.392. The van der Waals surface area contributed by atoms with Gasteiger partial charge in [0.1, 0.15) is 24.0 Å². The van der Waals surface area contributed by atoms with Crippen LogP contribution in [0.4, 0.5) is 10.2 Å². The molecule has 3 heterocycles. The van der Waals surface area contributed by atoms with Crippen molar-refractivity contribution in [1.82, 2.24) is 24.3 Å². The number of aryl methyl sites for hydroxylation is 1. The van der Waals surface area contributed by atoms with Crippen LogP contribution >= 0.6 is 0 Å². The molecule has 0 saturated heterocycles. The Morgan fingerprint density at radius 3 is 2.72 bits per heavy atom. The molecular formula is C23H16FN7O. The molecule has 3 aromatic heterocycles. The Hall–Kier alpha value is -4.58. The average Bonchev–Trinajstić information content (AvgIpc) is 3.14. The normalized spacial score (nSPS) is 11.2. The van der Waals surface area contributed by atoms with Gasteiger partial charge in [-0.15, -0.1) is 0 Å². The van der Waals surface area contributed by atoms with Crippen molar-refractivity contribution in [2.45, 2.75) is 13.5 Å². The minimum absolute atomic E-state index is 0.0576. The number of para-hydroxylation sites is 1. The van der Waals surface area contributed by atoms with Crippen molar-refractivity contribution in [2.24, 2.45) is 0 Å². The fourth-order valence-corrected chi connectivity index (χ4v) is 3.98. The predicted molar refractivity (Wildman–Crippen MR) is 118 cm³/mol. The van der Waals surface area contributed by atoms with Crippen LogP contribution in [0.1, 0.15) is 17.0 Å². The minimum atomic E-state index is -0.529. The van der Waals surface area contributed by atoms with Crippen LogP contribution in [0.2, 0.25) is 0 Å². The Balaban J connectivity index is 1.82. The first-order valence-corrected chi connectivity index (χ1v) is 9.76. The predicted octanol–water partition coefficient (Wildman–Crippen LogP) is 3.08. The van der Waals surface area contributed by atoms with Crippen molar-refractivity contribution >= 4 is 27.6 Å². The number of halogens is 1. The standard InChI is InChI=1S/C23H16FN7O/c1-13-5-4-6-14-9-15(31(23(32)19(13)14)18-8-3-2-7-16(18)24)11-30-22-20(17(10-25)29-30)21(26)27-12-28-22/h2-9,12H,11H2,1H3,(H2,26,27,28). The van der Waals surface area contributed by atoms with E-state index in [-0.39, 0.29) is 29.3 Å². The van der Waals surface area contributed by atoms with Gasteiger partial charge in [-0.2, -0.15) is 10.4 Å². The Morgan fingerprint density at radius 1 is 1.12 bits per heavy atom. The molecule has 0 spiro atoms. The second kappa shape index (κ2) is 7.28. The van der Waals surface area contributed by atoms with Gasteiger partial charge >= 0.3 is 0 Å². The highest BCUT2D eigenvalue weighted by Crippen LogP contribution is 2.24. The van der Waals surface area contributed by atoms with Crippen molar-refractivity contribution in [3.63, 3.8) is 0 Å². The summed E-state index contributed by atoms with van der Waals surface area (Å²) in [6.45, 7) is 1.90. The minimum Gasteiger partial charge on any atom is -0.383 e. The van der Waals surface area contributed by atoms with Crippen molar-refractivity contribution in [3.8, 4) is 11.8 Å². The Kier molecular flexibility index (Phi) is 4.41. The number of hydrogen-bond acceptors (Lipinski definition) is 6. The number of nitrogens with two attached hydrogens (primary N) is 1. The molecule has 5 rings (SSSR count). The summed E-state index contributed by atoms with van der Waals surface area (Å²) in [7, 11) is 0. The number of rotatable bonds is 3. The van der Waals surface area contributed by atoms with Gasteiger partial charge in [-0.05, 0) is 36.1 Å². The van der Waals surface area contributed by atoms with Gasteiger partial charge in [0.15, 0.2) is 11.3 Å². The number of nitrogen functional groups attached to an aromatic ring is 1. The van der Waals surface area contributed by atoms with E-state index in [0.29, 0.717) is 22.1 Å². The molecule has 0 saturated carbocycles. The van der Waals surface area contributed by atoms with Gasteiger partial charge in [-0.1, -0.05) is 30.3 Å². The van der Waals surface area contributed by atoms with Gasteiger partial charge in [0.05, 0.1) is 23.0 Å². The quantitative estimate of drug-likeness (QED) is 0.475. The number of pyridine rings is 1. The van der Waals surface area contributed by atoms with Gasteiger partial charge < -0.3 is 5.73 Å². The van der Waals surface area contributed by atoms with E-state index in [2.05, 4.69) is 15.1 Å². The fourth-order valence-electron chi connectivity index (χ4n) is 3.98. The molecule has 0 fully saturated rings. The fraction of sp³-hybridized carbons (Fsp3) is 0.0870. The lowest BCUT2D eigenvalue weighted by atomic mass is 10.1. The number of hydrogen-bond donors (Lipinski definition) is 1. The molecule has 9 heteroatoms. The molecular weight excluding hydrogens is 409 g/mol. The smallest absolute Gasteiger partial charge is 0.263 e. The number of anilines is 1. The molecule has 2 aromatic carbocycles. The number of nitriles is 1. The summed E-state index contributed by atoms with van der Waals surface area (Å²) >= 11 is 0. The Labute approximate surface area is 181 Å². The number of fused-ring (bicyclic) bond motifs is 2. The van der Waals surface area contributed by atoms with Crippen LogP contribution in [-0.4, -0.2) is 24.3 Å². The highest BCUT2D eigenvalue weighted by Gasteiger charge is 2.19. The maximum atomic E-state index is 14.8. The van der Waals surface area contributed by atoms with E-state index in [1.807, 2.05) is 37.3 Å². The first-order valence-electron chi connectivity index (χ1n) is 9.76. The van der Waals surface area contributed by atoms with Gasteiger partial charge in [0.2, 0.25) is 0 Å². The third-order valence-electron chi connectivity index (χ3n) is 5.40. The molecule has 0 unspecified atom stereocenters. The number of benzene rings is 2. The first kappa shape index (κ1) is 19.4. The highest BCUT2D eigenvalue weighted by atomic mass is 19.1. The summed E-state index contributed by atoms with van der Waals surface area (Å²) in [5.41, 5.74) is 7.42. The molecule has 0 radical (unpaired) electrons. The molecule has 0 amide bonds. The van der Waals surface area contributed by atoms with Gasteiger partial charge in [-0.25, -0.2) is 19.0 Å². The molecule has 2 N–H and O–H groups in total. The molecule has 0 aliphatic heterocycles. The van der Waals surface area contributed by atoms with Crippen LogP contribution < -0.4 is 11.3 Å². The van der Waals surface area contributed by atoms with Crippen molar-refractivity contribution < 1.29 is 4.39 Å². The zero-order valence-corrected chi connectivity index (χ0v) is 17.0. The largest absolute Gasteiger partial charge is 0.383 e. The zero-order chi connectivity index (χ0) is 22.4. The van der Waals surface area contributed by atoms with Crippen LogP contribution in [0.25, 0.3) is 27.5 Å². The van der Waals surface area contributed by atoms with Gasteiger partial charge in [0.25, 0.3) is 5.56 Å². The zero-order valence-electron chi connectivity index (χ0n) is 17.0. The Morgan fingerprint density at radius 2 is 1.94 bits per heavy atom. The lowest BCUT2D eigenvalue weighted by Gasteiger charge is -2.16. The summed E-state index contributed by atoms with van der Waals surface area (Å²) in [4.78, 5) is 21.7. The SMILES string of the molecule is Cc1cccc2cc(Cn3nc(C#N)c4c(N)ncnc43)n(-c3ccccc3F)c(=O)c12. The Bertz CT molecular complexity index is 1630. The lowest BCUT2D eigenvalue weighted by Crippen LogP contribution is -2.25. The van der Waals surface area contributed by atoms with Crippen LogP contribution in [0.15, 0.2) is 59.7 Å². The van der Waals surface area contributed by atoms with E-state index in [1.54, 1.807) is 18.2 Å². The first-order chi connectivity index (χ1) is 15.5. The lowest BCUT2D eigenvalue weighted by molar-refractivity contribution is 0.606. The van der Waals surface area contributed by atoms with E-state index in [1.165, 1.54) is 21.6 Å². The highest BCUT2D eigenvalue weighted by molar-refractivity contribution is 5.90. The monoisotopic (exact) mass is 425 g/mol. The molecule has 0 bridgehead atoms. The third kappa shape index (κ3) is 2.89. The van der Waals surface area contributed by atoms with Crippen LogP contribution in [0, 0.1) is 24.1 Å². The average molecular weight is 425 g/mol. The second-order valence-electron chi connectivity index (χ2n) is 7.34. The van der Waals surface area contributed by atoms with E-state index in [4.69, 9.17) is 5.73 Å². The van der Waals surface area contributed by atoms with E-state index in [9.17, 15) is 14.4 Å². The van der Waals surface area contributed by atoms with E-state index < -0.39 is 5.82 Å².